The third-order valence-corrected chi connectivity index (χ3v) is 4.97. The molecule has 0 fully saturated rings. The Labute approximate surface area is 182 Å². The summed E-state index contributed by atoms with van der Waals surface area (Å²) in [6, 6.07) is 7.26. The molecule has 0 radical (unpaired) electrons. The average Bonchev–Trinajstić information content (AvgIpc) is 2.75. The van der Waals surface area contributed by atoms with Gasteiger partial charge in [-0.3, -0.25) is 4.79 Å². The maximum atomic E-state index is 12.1. The number of hydrazone groups is 1. The number of carbonyl (C=O) groups excluding carboxylic acids is 1. The van der Waals surface area contributed by atoms with Gasteiger partial charge < -0.3 is 18.9 Å². The van der Waals surface area contributed by atoms with E-state index < -0.39 is 5.91 Å². The first-order valence-electron chi connectivity index (χ1n) is 8.69. The second-order valence-corrected chi connectivity index (χ2v) is 6.70. The molecule has 9 nitrogen and oxygen atoms in total. The van der Waals surface area contributed by atoms with E-state index in [-0.39, 0.29) is 24.7 Å². The van der Waals surface area contributed by atoms with E-state index in [1.807, 2.05) is 6.07 Å². The van der Waals surface area contributed by atoms with Gasteiger partial charge in [-0.1, -0.05) is 0 Å². The molecule has 10 heteroatoms. The summed E-state index contributed by atoms with van der Waals surface area (Å²) in [5, 5.41) is 13.4. The van der Waals surface area contributed by atoms with E-state index in [0.717, 1.165) is 0 Å². The lowest BCUT2D eigenvalue weighted by Gasteiger charge is -2.13. The molecule has 0 saturated heterocycles. The van der Waals surface area contributed by atoms with Crippen LogP contribution >= 0.6 is 15.9 Å². The van der Waals surface area contributed by atoms with Gasteiger partial charge in [0.2, 0.25) is 5.88 Å². The fourth-order valence-corrected chi connectivity index (χ4v) is 2.89. The van der Waals surface area contributed by atoms with Crippen molar-refractivity contribution in [2.24, 2.45) is 5.10 Å². The Morgan fingerprint density at radius 3 is 2.67 bits per heavy atom. The lowest BCUT2D eigenvalue weighted by molar-refractivity contribution is -0.123. The summed E-state index contributed by atoms with van der Waals surface area (Å²) in [4.78, 5) is 16.3. The number of halogens is 1. The molecule has 0 spiro atoms. The van der Waals surface area contributed by atoms with Crippen molar-refractivity contribution in [2.75, 3.05) is 27.9 Å². The van der Waals surface area contributed by atoms with Crippen molar-refractivity contribution >= 4 is 28.1 Å². The van der Waals surface area contributed by atoms with Gasteiger partial charge in [-0.2, -0.15) is 10.4 Å². The van der Waals surface area contributed by atoms with Crippen molar-refractivity contribution in [1.29, 1.82) is 5.26 Å². The van der Waals surface area contributed by atoms with Gasteiger partial charge in [0, 0.05) is 17.1 Å². The molecule has 2 rings (SSSR count). The Balaban J connectivity index is 2.03. The zero-order valence-corrected chi connectivity index (χ0v) is 18.6. The second-order valence-electron chi connectivity index (χ2n) is 5.91. The molecule has 158 valence electrons. The highest BCUT2D eigenvalue weighted by Gasteiger charge is 2.18. The number of aromatic nitrogens is 1. The van der Waals surface area contributed by atoms with E-state index in [2.05, 4.69) is 31.4 Å². The normalized spacial score (nSPS) is 10.5. The molecule has 1 N–H and O–H groups in total. The van der Waals surface area contributed by atoms with Crippen molar-refractivity contribution in [3.63, 3.8) is 0 Å². The van der Waals surface area contributed by atoms with Crippen LogP contribution in [0.4, 0.5) is 0 Å². The standard InChI is InChI=1S/C20H21BrN4O5/c1-12-19(21)15(10-27-2)14(8-22)20(24-12)30-11-18(26)25-23-9-13-5-6-16(28-3)17(7-13)29-4/h5-7,9H,10-11H2,1-4H3,(H,25,26)/b23-9+. The average molecular weight is 477 g/mol. The van der Waals surface area contributed by atoms with Crippen LogP contribution in [0.2, 0.25) is 0 Å². The number of rotatable bonds is 9. The van der Waals surface area contributed by atoms with Crippen LogP contribution in [0.5, 0.6) is 17.4 Å². The summed E-state index contributed by atoms with van der Waals surface area (Å²) < 4.78 is 21.6. The molecule has 0 aliphatic rings. The van der Waals surface area contributed by atoms with Gasteiger partial charge in [0.15, 0.2) is 18.1 Å². The maximum Gasteiger partial charge on any atom is 0.278 e. The number of nitrogens with one attached hydrogen (secondary N) is 1. The Morgan fingerprint density at radius 2 is 2.03 bits per heavy atom. The smallest absolute Gasteiger partial charge is 0.278 e. The predicted octanol–water partition coefficient (Wildman–Crippen LogP) is 2.72. The number of nitrogens with zero attached hydrogens (tertiary/aromatic N) is 3. The lowest BCUT2D eigenvalue weighted by Crippen LogP contribution is -2.25. The van der Waals surface area contributed by atoms with E-state index >= 15 is 0 Å². The number of amides is 1. The van der Waals surface area contributed by atoms with Gasteiger partial charge in [0.05, 0.1) is 32.7 Å². The van der Waals surface area contributed by atoms with Crippen molar-refractivity contribution in [3.8, 4) is 23.4 Å². The molecule has 0 atom stereocenters. The largest absolute Gasteiger partial charge is 0.493 e. The van der Waals surface area contributed by atoms with Crippen molar-refractivity contribution in [2.45, 2.75) is 13.5 Å². The highest BCUT2D eigenvalue weighted by atomic mass is 79.9. The molecule has 0 unspecified atom stereocenters. The minimum atomic E-state index is -0.508. The van der Waals surface area contributed by atoms with Crippen LogP contribution in [0.25, 0.3) is 0 Å². The molecular formula is C20H21BrN4O5. The molecule has 1 amide bonds. The van der Waals surface area contributed by atoms with Crippen LogP contribution in [0, 0.1) is 18.3 Å². The van der Waals surface area contributed by atoms with Crippen LogP contribution in [0.15, 0.2) is 27.8 Å². The monoisotopic (exact) mass is 476 g/mol. The van der Waals surface area contributed by atoms with Gasteiger partial charge in [0.25, 0.3) is 5.91 Å². The summed E-state index contributed by atoms with van der Waals surface area (Å²) >= 11 is 3.40. The summed E-state index contributed by atoms with van der Waals surface area (Å²) in [5.74, 6) is 0.685. The van der Waals surface area contributed by atoms with Crippen LogP contribution in [0.3, 0.4) is 0 Å². The molecule has 0 aliphatic carbocycles. The first-order chi connectivity index (χ1) is 14.4. The van der Waals surface area contributed by atoms with Gasteiger partial charge in [-0.05, 0) is 46.6 Å². The molecule has 1 aromatic heterocycles. The highest BCUT2D eigenvalue weighted by Crippen LogP contribution is 2.30. The number of methoxy groups -OCH3 is 3. The fraction of sp³-hybridized carbons (Fsp3) is 0.300. The molecule has 0 bridgehead atoms. The number of ether oxygens (including phenoxy) is 4. The third-order valence-electron chi connectivity index (χ3n) is 3.92. The Morgan fingerprint density at radius 1 is 1.30 bits per heavy atom. The number of carbonyl (C=O) groups is 1. The third kappa shape index (κ3) is 5.68. The number of benzene rings is 1. The van der Waals surface area contributed by atoms with E-state index in [9.17, 15) is 10.1 Å². The quantitative estimate of drug-likeness (QED) is 0.436. The van der Waals surface area contributed by atoms with Gasteiger partial charge >= 0.3 is 0 Å². The van der Waals surface area contributed by atoms with Gasteiger partial charge in [-0.15, -0.1) is 0 Å². The van der Waals surface area contributed by atoms with E-state index in [1.165, 1.54) is 20.4 Å². The summed E-state index contributed by atoms with van der Waals surface area (Å²) in [5.41, 5.74) is 4.49. The molecular weight excluding hydrogens is 456 g/mol. The van der Waals surface area contributed by atoms with Crippen LogP contribution in [0.1, 0.15) is 22.4 Å². The van der Waals surface area contributed by atoms with E-state index in [4.69, 9.17) is 18.9 Å². The molecule has 2 aromatic rings. The highest BCUT2D eigenvalue weighted by molar-refractivity contribution is 9.10. The summed E-state index contributed by atoms with van der Waals surface area (Å²) in [6.45, 7) is 1.59. The fourth-order valence-electron chi connectivity index (χ4n) is 2.49. The van der Waals surface area contributed by atoms with Crippen molar-refractivity contribution in [1.82, 2.24) is 10.4 Å². The lowest BCUT2D eigenvalue weighted by atomic mass is 10.1. The van der Waals surface area contributed by atoms with Gasteiger partial charge in [0.1, 0.15) is 11.6 Å². The van der Waals surface area contributed by atoms with Crippen molar-refractivity contribution in [3.05, 3.63) is 45.1 Å². The zero-order valence-electron chi connectivity index (χ0n) is 17.0. The van der Waals surface area contributed by atoms with E-state index in [0.29, 0.717) is 32.8 Å². The number of pyridine rings is 1. The minimum Gasteiger partial charge on any atom is -0.493 e. The Bertz CT molecular complexity index is 988. The van der Waals surface area contributed by atoms with E-state index in [1.54, 1.807) is 32.2 Å². The minimum absolute atomic E-state index is 0.0595. The molecule has 30 heavy (non-hydrogen) atoms. The van der Waals surface area contributed by atoms with Crippen LogP contribution in [-0.4, -0.2) is 45.0 Å². The predicted molar refractivity (Wildman–Crippen MR) is 113 cm³/mol. The first-order valence-corrected chi connectivity index (χ1v) is 9.49. The molecule has 0 saturated carbocycles. The number of nitriles is 1. The Kier molecular flexibility index (Phi) is 8.58. The summed E-state index contributed by atoms with van der Waals surface area (Å²) in [6.07, 6.45) is 1.46. The number of hydrogen-bond acceptors (Lipinski definition) is 8. The number of aryl methyl sites for hydroxylation is 1. The van der Waals surface area contributed by atoms with Gasteiger partial charge in [-0.25, -0.2) is 10.4 Å². The Hall–Kier alpha value is -3.16. The molecule has 1 aromatic carbocycles. The van der Waals surface area contributed by atoms with Crippen molar-refractivity contribution < 1.29 is 23.7 Å². The topological polar surface area (TPSA) is 115 Å². The first kappa shape index (κ1) is 23.1. The van der Waals surface area contributed by atoms with Crippen LogP contribution < -0.4 is 19.6 Å². The van der Waals surface area contributed by atoms with Crippen LogP contribution in [-0.2, 0) is 16.1 Å². The summed E-state index contributed by atoms with van der Waals surface area (Å²) in [7, 11) is 4.60. The maximum absolute atomic E-state index is 12.1. The number of hydrogen-bond donors (Lipinski definition) is 1. The SMILES string of the molecule is COCc1c(Br)c(C)nc(OCC(=O)N/N=C/c2ccc(OC)c(OC)c2)c1C#N. The molecule has 0 aliphatic heterocycles. The second kappa shape index (κ2) is 11.1. The molecule has 1 heterocycles. The zero-order chi connectivity index (χ0) is 22.1.